The molecule has 0 radical (unpaired) electrons. The molecule has 0 saturated heterocycles. The Morgan fingerprint density at radius 1 is 1.00 bits per heavy atom. The number of fused-ring (bicyclic) bond motifs is 1. The Labute approximate surface area is 184 Å². The van der Waals surface area contributed by atoms with Crippen LogP contribution in [0.3, 0.4) is 0 Å². The molecule has 1 heterocycles. The van der Waals surface area contributed by atoms with Crippen LogP contribution in [0.4, 0.5) is 9.18 Å². The molecule has 1 unspecified atom stereocenters. The van der Waals surface area contributed by atoms with E-state index in [9.17, 15) is 9.59 Å². The van der Waals surface area contributed by atoms with Crippen molar-refractivity contribution in [1.82, 2.24) is 4.90 Å². The lowest BCUT2D eigenvalue weighted by Crippen LogP contribution is -2.41. The van der Waals surface area contributed by atoms with E-state index in [1.807, 2.05) is 54.6 Å². The summed E-state index contributed by atoms with van der Waals surface area (Å²) in [4.78, 5) is 25.6. The molecule has 32 heavy (non-hydrogen) atoms. The fourth-order valence-corrected chi connectivity index (χ4v) is 3.92. The van der Waals surface area contributed by atoms with E-state index in [2.05, 4.69) is 0 Å². The quantitative estimate of drug-likeness (QED) is 0.614. The molecule has 0 aliphatic carbocycles. The van der Waals surface area contributed by atoms with Gasteiger partial charge in [0.15, 0.2) is 6.61 Å². The second-order valence-electron chi connectivity index (χ2n) is 7.42. The number of carbonyl (C=O) groups excluding carboxylic acids is 1. The van der Waals surface area contributed by atoms with Crippen LogP contribution in [-0.4, -0.2) is 35.2 Å². The third kappa shape index (κ3) is 4.56. The lowest BCUT2D eigenvalue weighted by atomic mass is 9.87. The maximum Gasteiger partial charge on any atom is 0.410 e. The molecule has 0 spiro atoms. The standard InChI is InChI=1S/C25H22FNO5/c26-20-11-6-12-21(31-16-22(28)29)23(20)24-19-10-5-4-9-18(19)13-14-27(24)25(30)32-15-17-7-2-1-3-8-17/h1-12,24H,13-16H2,(H,28,29). The van der Waals surface area contributed by atoms with Gasteiger partial charge in [0.25, 0.3) is 0 Å². The van der Waals surface area contributed by atoms with Crippen LogP contribution in [0.2, 0.25) is 0 Å². The highest BCUT2D eigenvalue weighted by Crippen LogP contribution is 2.41. The first-order valence-corrected chi connectivity index (χ1v) is 10.2. The average Bonchev–Trinajstić information content (AvgIpc) is 2.81. The van der Waals surface area contributed by atoms with Crippen molar-refractivity contribution in [2.45, 2.75) is 19.1 Å². The lowest BCUT2D eigenvalue weighted by molar-refractivity contribution is -0.139. The van der Waals surface area contributed by atoms with Crippen LogP contribution >= 0.6 is 0 Å². The van der Waals surface area contributed by atoms with Crippen LogP contribution < -0.4 is 4.74 Å². The highest BCUT2D eigenvalue weighted by atomic mass is 19.1. The van der Waals surface area contributed by atoms with Gasteiger partial charge < -0.3 is 14.6 Å². The highest BCUT2D eigenvalue weighted by Gasteiger charge is 2.36. The molecule has 1 atom stereocenters. The monoisotopic (exact) mass is 435 g/mol. The number of carboxylic acid groups (broad SMARTS) is 1. The summed E-state index contributed by atoms with van der Waals surface area (Å²) in [5, 5.41) is 9.02. The van der Waals surface area contributed by atoms with Crippen LogP contribution in [0.25, 0.3) is 0 Å². The summed E-state index contributed by atoms with van der Waals surface area (Å²) in [6.45, 7) is -0.213. The number of carboxylic acids is 1. The molecule has 1 N–H and O–H groups in total. The van der Waals surface area contributed by atoms with Crippen molar-refractivity contribution in [3.63, 3.8) is 0 Å². The summed E-state index contributed by atoms with van der Waals surface area (Å²) < 4.78 is 26.1. The normalized spacial score (nSPS) is 15.0. The van der Waals surface area contributed by atoms with Gasteiger partial charge in [-0.3, -0.25) is 4.90 Å². The van der Waals surface area contributed by atoms with Crippen molar-refractivity contribution >= 4 is 12.1 Å². The molecular weight excluding hydrogens is 413 g/mol. The van der Waals surface area contributed by atoms with Crippen molar-refractivity contribution in [3.8, 4) is 5.75 Å². The van der Waals surface area contributed by atoms with Crippen molar-refractivity contribution in [2.75, 3.05) is 13.2 Å². The van der Waals surface area contributed by atoms with Gasteiger partial charge in [-0.2, -0.15) is 0 Å². The number of halogens is 1. The van der Waals surface area contributed by atoms with Crippen molar-refractivity contribution in [3.05, 3.63) is 101 Å². The SMILES string of the molecule is O=C(O)COc1cccc(F)c1C1c2ccccc2CCN1C(=O)OCc1ccccc1. The number of hydrogen-bond acceptors (Lipinski definition) is 4. The number of ether oxygens (including phenoxy) is 2. The Bertz CT molecular complexity index is 1120. The van der Waals surface area contributed by atoms with E-state index < -0.39 is 30.5 Å². The minimum Gasteiger partial charge on any atom is -0.481 e. The highest BCUT2D eigenvalue weighted by molar-refractivity contribution is 5.71. The summed E-state index contributed by atoms with van der Waals surface area (Å²) in [6, 6.07) is 20.2. The molecule has 3 aromatic carbocycles. The van der Waals surface area contributed by atoms with Gasteiger partial charge in [-0.25, -0.2) is 14.0 Å². The average molecular weight is 435 g/mol. The molecule has 0 aromatic heterocycles. The van der Waals surface area contributed by atoms with Gasteiger partial charge in [0.05, 0.1) is 11.6 Å². The molecule has 1 aliphatic heterocycles. The third-order valence-corrected chi connectivity index (χ3v) is 5.36. The number of hydrogen-bond donors (Lipinski definition) is 1. The molecule has 4 rings (SSSR count). The van der Waals surface area contributed by atoms with Crippen molar-refractivity contribution in [2.24, 2.45) is 0 Å². The number of aliphatic carboxylic acids is 1. The largest absolute Gasteiger partial charge is 0.481 e. The van der Waals surface area contributed by atoms with E-state index >= 15 is 4.39 Å². The number of carbonyl (C=O) groups is 2. The van der Waals surface area contributed by atoms with E-state index in [0.717, 1.165) is 16.7 Å². The predicted octanol–water partition coefficient (Wildman–Crippen LogP) is 4.57. The molecular formula is C25H22FNO5. The fourth-order valence-electron chi connectivity index (χ4n) is 3.92. The van der Waals surface area contributed by atoms with E-state index in [1.165, 1.54) is 23.1 Å². The van der Waals surface area contributed by atoms with E-state index in [0.29, 0.717) is 13.0 Å². The molecule has 0 fully saturated rings. The molecule has 1 aliphatic rings. The van der Waals surface area contributed by atoms with Gasteiger partial charge in [-0.1, -0.05) is 60.7 Å². The van der Waals surface area contributed by atoms with Crippen molar-refractivity contribution in [1.29, 1.82) is 0 Å². The topological polar surface area (TPSA) is 76.1 Å². The minimum absolute atomic E-state index is 0.0787. The zero-order valence-electron chi connectivity index (χ0n) is 17.2. The van der Waals surface area contributed by atoms with Crippen LogP contribution in [0, 0.1) is 5.82 Å². The smallest absolute Gasteiger partial charge is 0.410 e. The minimum atomic E-state index is -1.18. The Hall–Kier alpha value is -3.87. The maximum atomic E-state index is 15.1. The number of benzene rings is 3. The van der Waals surface area contributed by atoms with Gasteiger partial charge in [0.2, 0.25) is 0 Å². The van der Waals surface area contributed by atoms with E-state index in [4.69, 9.17) is 14.6 Å². The van der Waals surface area contributed by atoms with Crippen LogP contribution in [0.1, 0.15) is 28.3 Å². The molecule has 6 nitrogen and oxygen atoms in total. The lowest BCUT2D eigenvalue weighted by Gasteiger charge is -2.37. The van der Waals surface area contributed by atoms with Crippen molar-refractivity contribution < 1.29 is 28.6 Å². The first-order valence-electron chi connectivity index (χ1n) is 10.2. The van der Waals surface area contributed by atoms with Gasteiger partial charge >= 0.3 is 12.1 Å². The molecule has 7 heteroatoms. The van der Waals surface area contributed by atoms with E-state index in [-0.39, 0.29) is 17.9 Å². The maximum absolute atomic E-state index is 15.1. The Kier molecular flexibility index (Phi) is 6.35. The van der Waals surface area contributed by atoms with Gasteiger partial charge in [0.1, 0.15) is 18.2 Å². The Morgan fingerprint density at radius 2 is 1.75 bits per heavy atom. The van der Waals surface area contributed by atoms with Crippen LogP contribution in [0.15, 0.2) is 72.8 Å². The van der Waals surface area contributed by atoms with Crippen LogP contribution in [-0.2, 0) is 22.6 Å². The van der Waals surface area contributed by atoms with Gasteiger partial charge in [0, 0.05) is 6.54 Å². The summed E-state index contributed by atoms with van der Waals surface area (Å²) in [5.74, 6) is -1.69. The second kappa shape index (κ2) is 9.51. The molecule has 0 saturated carbocycles. The zero-order valence-corrected chi connectivity index (χ0v) is 17.2. The second-order valence-corrected chi connectivity index (χ2v) is 7.42. The fraction of sp³-hybridized carbons (Fsp3) is 0.200. The third-order valence-electron chi connectivity index (χ3n) is 5.36. The summed E-state index contributed by atoms with van der Waals surface area (Å²) >= 11 is 0. The van der Waals surface area contributed by atoms with Gasteiger partial charge in [-0.15, -0.1) is 0 Å². The molecule has 1 amide bonds. The Morgan fingerprint density at radius 3 is 2.53 bits per heavy atom. The predicted molar refractivity (Wildman–Crippen MR) is 115 cm³/mol. The number of amides is 1. The summed E-state index contributed by atoms with van der Waals surface area (Å²) in [7, 11) is 0. The Balaban J connectivity index is 1.71. The number of nitrogens with zero attached hydrogens (tertiary/aromatic N) is 1. The van der Waals surface area contributed by atoms with E-state index in [1.54, 1.807) is 0 Å². The molecule has 0 bridgehead atoms. The summed E-state index contributed by atoms with van der Waals surface area (Å²) in [6.07, 6.45) is 0.00756. The first-order chi connectivity index (χ1) is 15.5. The molecule has 3 aromatic rings. The zero-order chi connectivity index (χ0) is 22.5. The van der Waals surface area contributed by atoms with Gasteiger partial charge in [-0.05, 0) is 35.2 Å². The first kappa shape index (κ1) is 21.4. The number of rotatable bonds is 6. The molecule has 164 valence electrons. The van der Waals surface area contributed by atoms with Crippen LogP contribution in [0.5, 0.6) is 5.75 Å². The summed E-state index contributed by atoms with van der Waals surface area (Å²) in [5.41, 5.74) is 2.68.